The van der Waals surface area contributed by atoms with Crippen LogP contribution in [0.4, 0.5) is 0 Å². The predicted octanol–water partition coefficient (Wildman–Crippen LogP) is -0.306. The van der Waals surface area contributed by atoms with Gasteiger partial charge in [0.15, 0.2) is 0 Å². The van der Waals surface area contributed by atoms with Crippen molar-refractivity contribution in [2.24, 2.45) is 0 Å². The Kier molecular flexibility index (Phi) is 4.51. The first kappa shape index (κ1) is 12.9. The van der Waals surface area contributed by atoms with E-state index in [-0.39, 0.29) is 11.3 Å². The molecule has 0 saturated carbocycles. The van der Waals surface area contributed by atoms with E-state index in [4.69, 9.17) is 4.74 Å². The van der Waals surface area contributed by atoms with Crippen LogP contribution in [0.5, 0.6) is 0 Å². The van der Waals surface area contributed by atoms with Gasteiger partial charge in [-0.25, -0.2) is 13.1 Å². The maximum Gasteiger partial charge on any atom is 0.211 e. The van der Waals surface area contributed by atoms with Crippen molar-refractivity contribution in [1.82, 2.24) is 10.0 Å². The molecule has 1 heterocycles. The van der Waals surface area contributed by atoms with Crippen molar-refractivity contribution in [3.63, 3.8) is 0 Å². The molecule has 0 radical (unpaired) electrons. The molecular weight excluding hydrogens is 216 g/mol. The van der Waals surface area contributed by atoms with E-state index >= 15 is 0 Å². The molecule has 6 heteroatoms. The third-order valence-electron chi connectivity index (χ3n) is 2.76. The second-order valence-electron chi connectivity index (χ2n) is 3.97. The fraction of sp³-hybridized carbons (Fsp3) is 1.00. The summed E-state index contributed by atoms with van der Waals surface area (Å²) in [5.74, 6) is 0.121. The lowest BCUT2D eigenvalue weighted by Gasteiger charge is -2.28. The molecule has 1 aliphatic heterocycles. The highest BCUT2D eigenvalue weighted by Crippen LogP contribution is 2.18. The van der Waals surface area contributed by atoms with Crippen LogP contribution in [-0.4, -0.2) is 46.5 Å². The second kappa shape index (κ2) is 5.25. The Balaban J connectivity index is 2.52. The summed E-state index contributed by atoms with van der Waals surface area (Å²) in [5.41, 5.74) is -0.211. The summed E-state index contributed by atoms with van der Waals surface area (Å²) < 4.78 is 30.4. The number of hydrogen-bond acceptors (Lipinski definition) is 4. The van der Waals surface area contributed by atoms with E-state index in [1.54, 1.807) is 14.0 Å². The van der Waals surface area contributed by atoms with Gasteiger partial charge in [0.25, 0.3) is 0 Å². The summed E-state index contributed by atoms with van der Waals surface area (Å²) in [7, 11) is -1.47. The molecule has 0 aromatic heterocycles. The molecule has 1 unspecified atom stereocenters. The molecule has 1 aliphatic rings. The van der Waals surface area contributed by atoms with Gasteiger partial charge in [-0.2, -0.15) is 0 Å². The lowest BCUT2D eigenvalue weighted by Crippen LogP contribution is -2.53. The molecule has 0 bridgehead atoms. The summed E-state index contributed by atoms with van der Waals surface area (Å²) in [6, 6.07) is 0. The molecule has 1 atom stereocenters. The monoisotopic (exact) mass is 236 g/mol. The quantitative estimate of drug-likeness (QED) is 0.664. The summed E-state index contributed by atoms with van der Waals surface area (Å²) in [6.07, 6.45) is 2.02. The SMILES string of the molecule is CCS(=O)(=O)NCC1(COC)CCCN1. The zero-order chi connectivity index (χ0) is 11.4. The van der Waals surface area contributed by atoms with Crippen LogP contribution in [0.25, 0.3) is 0 Å². The van der Waals surface area contributed by atoms with Crippen molar-refractivity contribution in [2.75, 3.05) is 32.6 Å². The van der Waals surface area contributed by atoms with Crippen LogP contribution >= 0.6 is 0 Å². The van der Waals surface area contributed by atoms with Crippen molar-refractivity contribution < 1.29 is 13.2 Å². The standard InChI is InChI=1S/C9H20N2O3S/c1-3-15(12,13)11-7-9(8-14-2)5-4-6-10-9/h10-11H,3-8H2,1-2H3. The summed E-state index contributed by atoms with van der Waals surface area (Å²) in [5, 5.41) is 3.32. The van der Waals surface area contributed by atoms with E-state index in [2.05, 4.69) is 10.0 Å². The van der Waals surface area contributed by atoms with Crippen LogP contribution in [0.15, 0.2) is 0 Å². The molecule has 15 heavy (non-hydrogen) atoms. The number of methoxy groups -OCH3 is 1. The molecule has 90 valence electrons. The molecule has 5 nitrogen and oxygen atoms in total. The van der Waals surface area contributed by atoms with Crippen molar-refractivity contribution in [3.8, 4) is 0 Å². The van der Waals surface area contributed by atoms with Gasteiger partial charge in [0, 0.05) is 13.7 Å². The average Bonchev–Trinajstić information content (AvgIpc) is 2.65. The van der Waals surface area contributed by atoms with Gasteiger partial charge in [0.2, 0.25) is 10.0 Å². The average molecular weight is 236 g/mol. The minimum Gasteiger partial charge on any atom is -0.383 e. The molecule has 0 spiro atoms. The molecule has 1 saturated heterocycles. The second-order valence-corrected chi connectivity index (χ2v) is 6.06. The molecular formula is C9H20N2O3S. The maximum absolute atomic E-state index is 11.3. The van der Waals surface area contributed by atoms with Crippen LogP contribution < -0.4 is 10.0 Å². The van der Waals surface area contributed by atoms with E-state index in [9.17, 15) is 8.42 Å². The summed E-state index contributed by atoms with van der Waals surface area (Å²) >= 11 is 0. The maximum atomic E-state index is 11.3. The Morgan fingerprint density at radius 2 is 2.27 bits per heavy atom. The molecule has 1 fully saturated rings. The van der Waals surface area contributed by atoms with Crippen LogP contribution in [0.2, 0.25) is 0 Å². The van der Waals surface area contributed by atoms with Gasteiger partial charge in [-0.15, -0.1) is 0 Å². The Hall–Kier alpha value is -0.170. The third kappa shape index (κ3) is 3.71. The van der Waals surface area contributed by atoms with Gasteiger partial charge < -0.3 is 10.1 Å². The lowest BCUT2D eigenvalue weighted by molar-refractivity contribution is 0.122. The van der Waals surface area contributed by atoms with E-state index in [0.29, 0.717) is 13.2 Å². The van der Waals surface area contributed by atoms with Crippen molar-refractivity contribution >= 4 is 10.0 Å². The molecule has 0 aromatic carbocycles. The highest BCUT2D eigenvalue weighted by atomic mass is 32.2. The molecule has 2 N–H and O–H groups in total. The van der Waals surface area contributed by atoms with Crippen LogP contribution in [0, 0.1) is 0 Å². The van der Waals surface area contributed by atoms with E-state index in [1.807, 2.05) is 0 Å². The van der Waals surface area contributed by atoms with Crippen molar-refractivity contribution in [3.05, 3.63) is 0 Å². The Labute approximate surface area is 91.6 Å². The number of nitrogens with one attached hydrogen (secondary N) is 2. The zero-order valence-electron chi connectivity index (χ0n) is 9.38. The lowest BCUT2D eigenvalue weighted by atomic mass is 9.99. The zero-order valence-corrected chi connectivity index (χ0v) is 10.2. The smallest absolute Gasteiger partial charge is 0.211 e. The van der Waals surface area contributed by atoms with Crippen LogP contribution in [0.1, 0.15) is 19.8 Å². The first-order chi connectivity index (χ1) is 7.04. The van der Waals surface area contributed by atoms with Crippen LogP contribution in [0.3, 0.4) is 0 Å². The van der Waals surface area contributed by atoms with Crippen molar-refractivity contribution in [2.45, 2.75) is 25.3 Å². The normalized spacial score (nSPS) is 27.1. The molecule has 0 aliphatic carbocycles. The Morgan fingerprint density at radius 1 is 1.53 bits per heavy atom. The number of hydrogen-bond donors (Lipinski definition) is 2. The van der Waals surface area contributed by atoms with E-state index in [1.165, 1.54) is 0 Å². The number of rotatable bonds is 6. The number of sulfonamides is 1. The van der Waals surface area contributed by atoms with Gasteiger partial charge in [-0.3, -0.25) is 0 Å². The summed E-state index contributed by atoms with van der Waals surface area (Å²) in [6.45, 7) is 3.51. The minimum atomic E-state index is -3.11. The van der Waals surface area contributed by atoms with Gasteiger partial charge in [0.1, 0.15) is 0 Å². The molecule has 0 amide bonds. The first-order valence-corrected chi connectivity index (χ1v) is 6.90. The fourth-order valence-corrected chi connectivity index (χ4v) is 2.52. The third-order valence-corrected chi connectivity index (χ3v) is 4.11. The van der Waals surface area contributed by atoms with E-state index < -0.39 is 10.0 Å². The Morgan fingerprint density at radius 3 is 2.73 bits per heavy atom. The fourth-order valence-electron chi connectivity index (χ4n) is 1.82. The highest BCUT2D eigenvalue weighted by molar-refractivity contribution is 7.89. The topological polar surface area (TPSA) is 67.4 Å². The van der Waals surface area contributed by atoms with Gasteiger partial charge in [-0.1, -0.05) is 0 Å². The molecule has 1 rings (SSSR count). The minimum absolute atomic E-state index is 0.121. The van der Waals surface area contributed by atoms with Crippen LogP contribution in [-0.2, 0) is 14.8 Å². The van der Waals surface area contributed by atoms with E-state index in [0.717, 1.165) is 19.4 Å². The van der Waals surface area contributed by atoms with Gasteiger partial charge >= 0.3 is 0 Å². The van der Waals surface area contributed by atoms with Gasteiger partial charge in [0.05, 0.1) is 17.9 Å². The number of ether oxygens (including phenoxy) is 1. The predicted molar refractivity (Wildman–Crippen MR) is 59.3 cm³/mol. The van der Waals surface area contributed by atoms with Crippen molar-refractivity contribution in [1.29, 1.82) is 0 Å². The first-order valence-electron chi connectivity index (χ1n) is 5.25. The van der Waals surface area contributed by atoms with Gasteiger partial charge in [-0.05, 0) is 26.3 Å². The summed E-state index contributed by atoms with van der Waals surface area (Å²) in [4.78, 5) is 0. The Bertz CT molecular complexity index is 284. The highest BCUT2D eigenvalue weighted by Gasteiger charge is 2.34. The largest absolute Gasteiger partial charge is 0.383 e. The molecule has 0 aromatic rings.